The minimum atomic E-state index is -0.682. The van der Waals surface area contributed by atoms with Gasteiger partial charge in [0.2, 0.25) is 5.91 Å². The van der Waals surface area contributed by atoms with Crippen LogP contribution in [0.25, 0.3) is 5.70 Å². The summed E-state index contributed by atoms with van der Waals surface area (Å²) in [6, 6.07) is 12.8. The number of amides is 2. The van der Waals surface area contributed by atoms with Gasteiger partial charge in [-0.2, -0.15) is 5.26 Å². The number of carbonyl (C=O) groups excluding carboxylic acids is 2. The first-order valence-electron chi connectivity index (χ1n) is 10.9. The van der Waals surface area contributed by atoms with Crippen molar-refractivity contribution in [2.75, 3.05) is 13.6 Å². The van der Waals surface area contributed by atoms with Gasteiger partial charge in [0.05, 0.1) is 11.8 Å². The number of nitriles is 1. The number of nitrogens with zero attached hydrogens (tertiary/aromatic N) is 3. The van der Waals surface area contributed by atoms with Crippen molar-refractivity contribution in [2.24, 2.45) is 13.0 Å². The number of pyridine rings is 1. The second-order valence-electron chi connectivity index (χ2n) is 8.51. The fraction of sp³-hybridized carbons (Fsp3) is 0.360. The minimum absolute atomic E-state index is 0.0825. The van der Waals surface area contributed by atoms with Crippen molar-refractivity contribution in [3.63, 3.8) is 0 Å². The number of hydrogen-bond acceptors (Lipinski definition) is 5. The highest BCUT2D eigenvalue weighted by molar-refractivity contribution is 8.02. The maximum atomic E-state index is 12.8. The third-order valence-corrected chi connectivity index (χ3v) is 6.61. The highest BCUT2D eigenvalue weighted by Gasteiger charge is 2.28. The number of aromatic nitrogens is 1. The van der Waals surface area contributed by atoms with E-state index in [-0.39, 0.29) is 29.7 Å². The van der Waals surface area contributed by atoms with Gasteiger partial charge in [0.1, 0.15) is 25.0 Å². The molecule has 1 aromatic heterocycles. The van der Waals surface area contributed by atoms with Crippen LogP contribution in [0.15, 0.2) is 54.2 Å². The smallest absolute Gasteiger partial charge is 0.251 e. The predicted molar refractivity (Wildman–Crippen MR) is 129 cm³/mol. The van der Waals surface area contributed by atoms with Crippen LogP contribution in [0.4, 0.5) is 0 Å². The van der Waals surface area contributed by atoms with Crippen LogP contribution in [0.3, 0.4) is 0 Å². The van der Waals surface area contributed by atoms with E-state index in [1.807, 2.05) is 55.9 Å². The summed E-state index contributed by atoms with van der Waals surface area (Å²) < 4.78 is 2.04. The molecule has 1 aliphatic rings. The molecule has 0 saturated heterocycles. The maximum absolute atomic E-state index is 12.8. The van der Waals surface area contributed by atoms with E-state index in [0.717, 1.165) is 11.3 Å². The second kappa shape index (κ2) is 11.0. The Labute approximate surface area is 199 Å². The van der Waals surface area contributed by atoms with Gasteiger partial charge >= 0.3 is 0 Å². The molecular weight excluding hydrogens is 434 g/mol. The molecule has 3 rings (SSSR count). The highest BCUT2D eigenvalue weighted by atomic mass is 32.2. The van der Waals surface area contributed by atoms with Crippen LogP contribution < -0.4 is 15.2 Å². The third kappa shape index (κ3) is 6.14. The molecule has 0 radical (unpaired) electrons. The Bertz CT molecular complexity index is 1070. The number of thioether (sulfide) groups is 1. The van der Waals surface area contributed by atoms with E-state index >= 15 is 0 Å². The quantitative estimate of drug-likeness (QED) is 0.463. The van der Waals surface area contributed by atoms with E-state index in [4.69, 9.17) is 5.26 Å². The first kappa shape index (κ1) is 24.3. The van der Waals surface area contributed by atoms with Gasteiger partial charge in [0.15, 0.2) is 12.4 Å². The molecule has 0 spiro atoms. The Balaban J connectivity index is 1.68. The summed E-state index contributed by atoms with van der Waals surface area (Å²) in [5, 5.41) is 16.4. The number of benzene rings is 1. The van der Waals surface area contributed by atoms with E-state index < -0.39 is 6.04 Å². The van der Waals surface area contributed by atoms with E-state index in [2.05, 4.69) is 40.3 Å². The molecule has 0 fully saturated rings. The third-order valence-electron chi connectivity index (χ3n) is 5.40. The van der Waals surface area contributed by atoms with Crippen LogP contribution in [0.2, 0.25) is 0 Å². The van der Waals surface area contributed by atoms with Crippen molar-refractivity contribution in [2.45, 2.75) is 31.7 Å². The topological polar surface area (TPSA) is 89.1 Å². The number of rotatable bonds is 8. The molecule has 0 aliphatic carbocycles. The molecule has 33 heavy (non-hydrogen) atoms. The molecule has 2 heterocycles. The summed E-state index contributed by atoms with van der Waals surface area (Å²) in [5.74, 6) is -0.435. The first-order valence-corrected chi connectivity index (χ1v) is 11.8. The summed E-state index contributed by atoms with van der Waals surface area (Å²) in [7, 11) is 4.08. The SMILES string of the molecule is CC(C)C[C@H](NC(=O)c1ccc(C2=CSC(c3ccc[n+](C)c3)N2C)cc1)C(=O)NCC#N. The normalized spacial score (nSPS) is 16.2. The summed E-state index contributed by atoms with van der Waals surface area (Å²) >= 11 is 1.75. The first-order chi connectivity index (χ1) is 15.8. The predicted octanol–water partition coefficient (Wildman–Crippen LogP) is 2.97. The van der Waals surface area contributed by atoms with E-state index in [0.29, 0.717) is 12.0 Å². The second-order valence-corrected chi connectivity index (χ2v) is 9.47. The molecule has 2 aromatic rings. The van der Waals surface area contributed by atoms with E-state index in [1.54, 1.807) is 23.9 Å². The molecule has 2 amide bonds. The lowest BCUT2D eigenvalue weighted by Crippen LogP contribution is -2.47. The number of hydrogen-bond donors (Lipinski definition) is 2. The maximum Gasteiger partial charge on any atom is 0.251 e. The van der Waals surface area contributed by atoms with Crippen molar-refractivity contribution in [3.8, 4) is 6.07 Å². The van der Waals surface area contributed by atoms with E-state index in [1.165, 1.54) is 5.56 Å². The van der Waals surface area contributed by atoms with Gasteiger partial charge < -0.3 is 15.5 Å². The van der Waals surface area contributed by atoms with Crippen molar-refractivity contribution < 1.29 is 14.2 Å². The van der Waals surface area contributed by atoms with Crippen LogP contribution >= 0.6 is 11.8 Å². The van der Waals surface area contributed by atoms with Gasteiger partial charge in [-0.15, -0.1) is 11.8 Å². The van der Waals surface area contributed by atoms with Crippen molar-refractivity contribution in [1.29, 1.82) is 5.26 Å². The van der Waals surface area contributed by atoms with Gasteiger partial charge in [-0.05, 0) is 41.5 Å². The Kier molecular flexibility index (Phi) is 8.12. The van der Waals surface area contributed by atoms with Gasteiger partial charge in [0.25, 0.3) is 5.91 Å². The van der Waals surface area contributed by atoms with Crippen LogP contribution in [0.5, 0.6) is 0 Å². The molecule has 1 unspecified atom stereocenters. The molecule has 1 aliphatic heterocycles. The number of nitrogens with one attached hydrogen (secondary N) is 2. The minimum Gasteiger partial charge on any atom is -0.357 e. The number of carbonyl (C=O) groups is 2. The molecule has 0 saturated carbocycles. The standard InChI is InChI=1S/C25H29N5O2S/c1-17(2)14-21(24(32)27-12-11-26)28-23(31)19-9-7-18(8-10-19)22-16-33-25(30(22)4)20-6-5-13-29(3)15-20/h5-10,13,15-17,21,25H,12,14H2,1-4H3,(H-,27,28,31,32)/p+1/t21-,25?/m0/s1. The summed E-state index contributed by atoms with van der Waals surface area (Å²) in [5.41, 5.74) is 3.83. The fourth-order valence-corrected chi connectivity index (χ4v) is 4.90. The average molecular weight is 465 g/mol. The lowest BCUT2D eigenvalue weighted by molar-refractivity contribution is -0.672. The molecule has 1 aromatic carbocycles. The molecular formula is C25H30N5O2S+. The summed E-state index contributed by atoms with van der Waals surface area (Å²) in [6.45, 7) is 3.89. The molecule has 2 atom stereocenters. The summed E-state index contributed by atoms with van der Waals surface area (Å²) in [6.07, 6.45) is 4.63. The zero-order chi connectivity index (χ0) is 24.0. The van der Waals surface area contributed by atoms with E-state index in [9.17, 15) is 9.59 Å². The highest BCUT2D eigenvalue weighted by Crippen LogP contribution is 2.44. The van der Waals surface area contributed by atoms with Crippen molar-refractivity contribution >= 4 is 29.3 Å². The van der Waals surface area contributed by atoms with Gasteiger partial charge in [0, 0.05) is 24.2 Å². The van der Waals surface area contributed by atoms with Crippen LogP contribution in [0.1, 0.15) is 47.1 Å². The molecule has 8 heteroatoms. The fourth-order valence-electron chi connectivity index (χ4n) is 3.75. The van der Waals surface area contributed by atoms with Crippen molar-refractivity contribution in [3.05, 3.63) is 70.9 Å². The van der Waals surface area contributed by atoms with Gasteiger partial charge in [-0.3, -0.25) is 9.59 Å². The molecule has 0 bridgehead atoms. The number of aryl methyl sites for hydroxylation is 1. The Morgan fingerprint density at radius 1 is 1.24 bits per heavy atom. The average Bonchev–Trinajstić information content (AvgIpc) is 3.18. The molecule has 2 N–H and O–H groups in total. The Hall–Kier alpha value is -3.31. The van der Waals surface area contributed by atoms with Gasteiger partial charge in [-0.25, -0.2) is 4.57 Å². The van der Waals surface area contributed by atoms with Gasteiger partial charge in [-0.1, -0.05) is 26.0 Å². The largest absolute Gasteiger partial charge is 0.357 e. The zero-order valence-electron chi connectivity index (χ0n) is 19.4. The monoisotopic (exact) mass is 464 g/mol. The van der Waals surface area contributed by atoms with Crippen LogP contribution in [-0.2, 0) is 11.8 Å². The van der Waals surface area contributed by atoms with Crippen LogP contribution in [-0.4, -0.2) is 36.3 Å². The Morgan fingerprint density at radius 3 is 2.61 bits per heavy atom. The molecule has 7 nitrogen and oxygen atoms in total. The molecule has 172 valence electrons. The lowest BCUT2D eigenvalue weighted by atomic mass is 10.0. The zero-order valence-corrected chi connectivity index (χ0v) is 20.2. The lowest BCUT2D eigenvalue weighted by Gasteiger charge is -2.24. The van der Waals surface area contributed by atoms with Crippen molar-refractivity contribution in [1.82, 2.24) is 15.5 Å². The summed E-state index contributed by atoms with van der Waals surface area (Å²) in [4.78, 5) is 27.4. The Morgan fingerprint density at radius 2 is 1.97 bits per heavy atom. The van der Waals surface area contributed by atoms with Crippen LogP contribution in [0, 0.1) is 17.2 Å².